The van der Waals surface area contributed by atoms with Gasteiger partial charge in [0, 0.05) is 25.0 Å². The van der Waals surface area contributed by atoms with E-state index in [2.05, 4.69) is 16.0 Å². The molecule has 2 aromatic rings. The van der Waals surface area contributed by atoms with Gasteiger partial charge in [0.15, 0.2) is 0 Å². The number of hydrogen-bond acceptors (Lipinski definition) is 7. The average molecular weight is 539 g/mol. The topological polar surface area (TPSA) is 123 Å². The molecule has 5 N–H and O–H groups in total. The third-order valence-corrected chi connectivity index (χ3v) is 7.88. The summed E-state index contributed by atoms with van der Waals surface area (Å²) in [6.07, 6.45) is 2.40. The maximum absolute atomic E-state index is 13.5. The zero-order valence-corrected chi connectivity index (χ0v) is 22.9. The van der Waals surface area contributed by atoms with Crippen LogP contribution in [-0.2, 0) is 16.0 Å². The summed E-state index contributed by atoms with van der Waals surface area (Å²) in [6.45, 7) is 2.80. The summed E-state index contributed by atoms with van der Waals surface area (Å²) in [5, 5.41) is 30.8. The van der Waals surface area contributed by atoms with E-state index in [4.69, 9.17) is 4.74 Å². The number of hydrogen-bond donors (Lipinski definition) is 5. The molecule has 2 aliphatic rings. The Balaban J connectivity index is 1.59. The number of aryl methyl sites for hydroxylation is 1. The Hall–Kier alpha value is -2.98. The molecule has 39 heavy (non-hydrogen) atoms. The van der Waals surface area contributed by atoms with E-state index in [9.17, 15) is 19.8 Å². The largest absolute Gasteiger partial charge is 0.492 e. The number of nitrogens with one attached hydrogen (secondary N) is 3. The van der Waals surface area contributed by atoms with Crippen LogP contribution in [0.4, 0.5) is 0 Å². The highest BCUT2D eigenvalue weighted by molar-refractivity contribution is 5.90. The second kappa shape index (κ2) is 13.9. The quantitative estimate of drug-likeness (QED) is 0.399. The molecule has 1 heterocycles. The van der Waals surface area contributed by atoms with Crippen LogP contribution in [-0.4, -0.2) is 84.6 Å². The van der Waals surface area contributed by atoms with Gasteiger partial charge in [0.2, 0.25) is 11.8 Å². The number of likely N-dealkylation sites (N-methyl/N-ethyl adjacent to an activating group) is 1. The highest BCUT2D eigenvalue weighted by Gasteiger charge is 2.41. The lowest BCUT2D eigenvalue weighted by Gasteiger charge is -2.36. The number of carbonyl (C=O) groups excluding carboxylic acids is 2. The van der Waals surface area contributed by atoms with Crippen LogP contribution in [0.2, 0.25) is 0 Å². The van der Waals surface area contributed by atoms with E-state index in [0.717, 1.165) is 36.1 Å². The first kappa shape index (κ1) is 29.0. The lowest BCUT2D eigenvalue weighted by Crippen LogP contribution is -2.60. The molecule has 0 bridgehead atoms. The first-order valence-electron chi connectivity index (χ1n) is 14.0. The third-order valence-electron chi connectivity index (χ3n) is 7.88. The lowest BCUT2D eigenvalue weighted by atomic mass is 9.92. The van der Waals surface area contributed by atoms with Crippen molar-refractivity contribution in [2.24, 2.45) is 5.92 Å². The Morgan fingerprint density at radius 3 is 2.46 bits per heavy atom. The second-order valence-electron chi connectivity index (χ2n) is 10.6. The molecule has 0 saturated heterocycles. The number of nitrogens with zero attached hydrogens (tertiary/aromatic N) is 1. The van der Waals surface area contributed by atoms with Gasteiger partial charge in [0.05, 0.1) is 6.61 Å². The minimum atomic E-state index is -1.02. The standard InChI is InChI=1S/C30H42N4O5/c1-20(21-9-4-3-5-10-21)26-29(37)32-16-8-12-22-11-6-7-13-25(22)39-18-17-31-27(23-14-15-23)30(38)34(2)24(19-35)28(36)33-26/h3-7,9-11,13,20,23-24,26-27,30-31,35,38H,8,12,14-19H2,1-2H3,(H,32,37)(H,33,36)/t20?,24-,26+,27-,30?/m0/s1. The summed E-state index contributed by atoms with van der Waals surface area (Å²) < 4.78 is 6.07. The van der Waals surface area contributed by atoms with Gasteiger partial charge in [0.25, 0.3) is 0 Å². The number of rotatable bonds is 4. The molecule has 9 heteroatoms. The first-order chi connectivity index (χ1) is 18.9. The normalized spacial score (nSPS) is 27.2. The van der Waals surface area contributed by atoms with E-state index in [1.807, 2.05) is 61.5 Å². The minimum absolute atomic E-state index is 0.277. The fourth-order valence-electron chi connectivity index (χ4n) is 5.26. The molecule has 0 aromatic heterocycles. The number of carbonyl (C=O) groups is 2. The summed E-state index contributed by atoms with van der Waals surface area (Å²) in [4.78, 5) is 28.4. The zero-order chi connectivity index (χ0) is 27.8. The van der Waals surface area contributed by atoms with Crippen LogP contribution < -0.4 is 20.7 Å². The number of aliphatic hydroxyl groups excluding tert-OH is 2. The van der Waals surface area contributed by atoms with Crippen molar-refractivity contribution in [3.05, 3.63) is 65.7 Å². The van der Waals surface area contributed by atoms with E-state index in [1.165, 1.54) is 4.90 Å². The molecule has 1 fully saturated rings. The predicted molar refractivity (Wildman–Crippen MR) is 149 cm³/mol. The molecular weight excluding hydrogens is 496 g/mol. The van der Waals surface area contributed by atoms with Gasteiger partial charge in [-0.1, -0.05) is 55.5 Å². The fourth-order valence-corrected chi connectivity index (χ4v) is 5.26. The van der Waals surface area contributed by atoms with Crippen molar-refractivity contribution in [1.82, 2.24) is 20.9 Å². The van der Waals surface area contributed by atoms with Crippen LogP contribution >= 0.6 is 0 Å². The first-order valence-corrected chi connectivity index (χ1v) is 14.0. The molecule has 1 aliphatic heterocycles. The maximum Gasteiger partial charge on any atom is 0.243 e. The van der Waals surface area contributed by atoms with Gasteiger partial charge in [-0.2, -0.15) is 0 Å². The fraction of sp³-hybridized carbons (Fsp3) is 0.533. The smallest absolute Gasteiger partial charge is 0.243 e. The molecule has 0 spiro atoms. The van der Waals surface area contributed by atoms with E-state index in [1.54, 1.807) is 7.05 Å². The molecular formula is C30H42N4O5. The van der Waals surface area contributed by atoms with Gasteiger partial charge < -0.3 is 30.9 Å². The molecule has 1 saturated carbocycles. The van der Waals surface area contributed by atoms with Crippen molar-refractivity contribution >= 4 is 11.8 Å². The van der Waals surface area contributed by atoms with Crippen molar-refractivity contribution in [2.45, 2.75) is 62.9 Å². The lowest BCUT2D eigenvalue weighted by molar-refractivity contribution is -0.138. The summed E-state index contributed by atoms with van der Waals surface area (Å²) in [6, 6.07) is 15.3. The Kier molecular flexibility index (Phi) is 10.3. The number of benzene rings is 2. The van der Waals surface area contributed by atoms with Crippen LogP contribution in [0.25, 0.3) is 0 Å². The van der Waals surface area contributed by atoms with E-state index in [-0.39, 0.29) is 23.8 Å². The van der Waals surface area contributed by atoms with Crippen LogP contribution in [0.5, 0.6) is 5.75 Å². The molecule has 9 nitrogen and oxygen atoms in total. The Labute approximate surface area is 230 Å². The van der Waals surface area contributed by atoms with Gasteiger partial charge in [-0.15, -0.1) is 0 Å². The van der Waals surface area contributed by atoms with E-state index in [0.29, 0.717) is 26.1 Å². The van der Waals surface area contributed by atoms with Gasteiger partial charge in [-0.25, -0.2) is 0 Å². The highest BCUT2D eigenvalue weighted by Crippen LogP contribution is 2.35. The maximum atomic E-state index is 13.5. The number of para-hydroxylation sites is 1. The second-order valence-corrected chi connectivity index (χ2v) is 10.6. The number of amides is 2. The predicted octanol–water partition coefficient (Wildman–Crippen LogP) is 1.40. The SMILES string of the molecule is CC(c1ccccc1)[C@H]1NC(=O)[C@H](CO)N(C)C(O)[C@H](C2CC2)NCCOc2ccccc2CCCNC1=O. The van der Waals surface area contributed by atoms with Crippen molar-refractivity contribution < 1.29 is 24.5 Å². The molecule has 1 aliphatic carbocycles. The van der Waals surface area contributed by atoms with E-state index < -0.39 is 30.8 Å². The van der Waals surface area contributed by atoms with Gasteiger partial charge in [-0.3, -0.25) is 14.5 Å². The number of ether oxygens (including phenoxy) is 1. The highest BCUT2D eigenvalue weighted by atomic mass is 16.5. The van der Waals surface area contributed by atoms with E-state index >= 15 is 0 Å². The van der Waals surface area contributed by atoms with Crippen molar-refractivity contribution in [2.75, 3.05) is 33.4 Å². The van der Waals surface area contributed by atoms with Crippen LogP contribution in [0, 0.1) is 5.92 Å². The summed E-state index contributed by atoms with van der Waals surface area (Å²) in [5.74, 6) is -0.0158. The van der Waals surface area contributed by atoms with Crippen molar-refractivity contribution in [3.8, 4) is 5.75 Å². The third kappa shape index (κ3) is 7.57. The molecule has 2 amide bonds. The molecule has 0 radical (unpaired) electrons. The number of aliphatic hydroxyl groups is 2. The molecule has 2 aromatic carbocycles. The summed E-state index contributed by atoms with van der Waals surface area (Å²) in [5.41, 5.74) is 1.98. The molecule has 2 unspecified atom stereocenters. The Morgan fingerprint density at radius 1 is 1.03 bits per heavy atom. The number of fused-ring (bicyclic) bond motifs is 1. The van der Waals surface area contributed by atoms with Crippen LogP contribution in [0.1, 0.15) is 43.2 Å². The zero-order valence-electron chi connectivity index (χ0n) is 22.9. The molecule has 4 rings (SSSR count). The van der Waals surface area contributed by atoms with Crippen LogP contribution in [0.3, 0.4) is 0 Å². The molecule has 5 atom stereocenters. The molecule has 212 valence electrons. The average Bonchev–Trinajstić information content (AvgIpc) is 3.79. The van der Waals surface area contributed by atoms with Gasteiger partial charge in [0.1, 0.15) is 30.7 Å². The van der Waals surface area contributed by atoms with Crippen molar-refractivity contribution in [1.29, 1.82) is 0 Å². The minimum Gasteiger partial charge on any atom is -0.492 e. The van der Waals surface area contributed by atoms with Crippen molar-refractivity contribution in [3.63, 3.8) is 0 Å². The Bertz CT molecular complexity index is 1080. The summed E-state index contributed by atoms with van der Waals surface area (Å²) >= 11 is 0. The van der Waals surface area contributed by atoms with Crippen LogP contribution in [0.15, 0.2) is 54.6 Å². The Morgan fingerprint density at radius 2 is 1.74 bits per heavy atom. The monoisotopic (exact) mass is 538 g/mol. The van der Waals surface area contributed by atoms with Gasteiger partial charge in [-0.05, 0) is 55.8 Å². The summed E-state index contributed by atoms with van der Waals surface area (Å²) in [7, 11) is 1.63. The van der Waals surface area contributed by atoms with Gasteiger partial charge >= 0.3 is 0 Å².